The molecule has 2 N–H and O–H groups in total. The first-order valence-corrected chi connectivity index (χ1v) is 9.29. The van der Waals surface area contributed by atoms with Gasteiger partial charge in [-0.3, -0.25) is 9.59 Å². The minimum Gasteiger partial charge on any atom is -0.455 e. The van der Waals surface area contributed by atoms with E-state index in [-0.39, 0.29) is 17.9 Å². The molecule has 1 amide bonds. The fourth-order valence-electron chi connectivity index (χ4n) is 2.97. The summed E-state index contributed by atoms with van der Waals surface area (Å²) in [5.41, 5.74) is 1.00. The van der Waals surface area contributed by atoms with E-state index in [2.05, 4.69) is 15.3 Å². The van der Waals surface area contributed by atoms with Gasteiger partial charge in [0.05, 0.1) is 16.6 Å². The third-order valence-electron chi connectivity index (χ3n) is 4.38. The van der Waals surface area contributed by atoms with Crippen molar-refractivity contribution >= 4 is 22.5 Å². The van der Waals surface area contributed by atoms with Crippen molar-refractivity contribution in [2.24, 2.45) is 0 Å². The van der Waals surface area contributed by atoms with E-state index in [0.717, 1.165) is 0 Å². The highest BCUT2D eigenvalue weighted by atomic mass is 16.5. The third kappa shape index (κ3) is 4.50. The molecule has 6 nitrogen and oxygen atoms in total. The molecule has 29 heavy (non-hydrogen) atoms. The maximum Gasteiger partial charge on any atom is 0.258 e. The maximum atomic E-state index is 12.5. The fraction of sp³-hybridized carbons (Fsp3) is 0.0870. The number of carbonyl (C=O) groups is 1. The van der Waals surface area contributed by atoms with Gasteiger partial charge in [0, 0.05) is 12.8 Å². The maximum absolute atomic E-state index is 12.5. The first-order valence-electron chi connectivity index (χ1n) is 9.29. The molecule has 0 radical (unpaired) electrons. The monoisotopic (exact) mass is 385 g/mol. The van der Waals surface area contributed by atoms with Crippen molar-refractivity contribution in [2.75, 3.05) is 5.32 Å². The van der Waals surface area contributed by atoms with Crippen LogP contribution in [0.3, 0.4) is 0 Å². The highest BCUT2D eigenvalue weighted by Crippen LogP contribution is 2.29. The van der Waals surface area contributed by atoms with Crippen LogP contribution in [0, 0.1) is 0 Å². The second kappa shape index (κ2) is 8.39. The molecule has 4 rings (SSSR count). The number of fused-ring (bicyclic) bond motifs is 1. The molecule has 1 aromatic heterocycles. The number of ether oxygens (including phenoxy) is 1. The van der Waals surface area contributed by atoms with Crippen molar-refractivity contribution in [2.45, 2.75) is 12.8 Å². The van der Waals surface area contributed by atoms with E-state index in [1.165, 1.54) is 0 Å². The molecule has 6 heteroatoms. The summed E-state index contributed by atoms with van der Waals surface area (Å²) in [6.07, 6.45) is 0.509. The number of para-hydroxylation sites is 4. The van der Waals surface area contributed by atoms with Gasteiger partial charge in [0.2, 0.25) is 5.91 Å². The summed E-state index contributed by atoms with van der Waals surface area (Å²) in [4.78, 5) is 31.8. The summed E-state index contributed by atoms with van der Waals surface area (Å²) in [5.74, 6) is 1.54. The van der Waals surface area contributed by atoms with Crippen LogP contribution in [0.15, 0.2) is 83.7 Å². The molecule has 0 spiro atoms. The van der Waals surface area contributed by atoms with Crippen molar-refractivity contribution < 1.29 is 9.53 Å². The Balaban J connectivity index is 1.44. The van der Waals surface area contributed by atoms with E-state index in [4.69, 9.17) is 4.74 Å². The number of H-pyrrole nitrogens is 1. The van der Waals surface area contributed by atoms with Gasteiger partial charge in [-0.05, 0) is 36.4 Å². The molecule has 0 fully saturated rings. The zero-order valence-electron chi connectivity index (χ0n) is 15.6. The van der Waals surface area contributed by atoms with Crippen LogP contribution < -0.4 is 15.6 Å². The largest absolute Gasteiger partial charge is 0.455 e. The second-order valence-corrected chi connectivity index (χ2v) is 6.49. The number of nitrogens with one attached hydrogen (secondary N) is 2. The van der Waals surface area contributed by atoms with Gasteiger partial charge in [0.1, 0.15) is 11.6 Å². The van der Waals surface area contributed by atoms with Gasteiger partial charge in [-0.15, -0.1) is 0 Å². The van der Waals surface area contributed by atoms with Gasteiger partial charge in [0.15, 0.2) is 5.75 Å². The number of aromatic amines is 1. The lowest BCUT2D eigenvalue weighted by Gasteiger charge is -2.12. The number of hydrogen-bond donors (Lipinski definition) is 2. The Morgan fingerprint density at radius 1 is 0.931 bits per heavy atom. The predicted octanol–water partition coefficient (Wildman–Crippen LogP) is 4.29. The SMILES string of the molecule is O=C(CCc1nc2ccccc2c(=O)[nH]1)Nc1ccccc1Oc1ccccc1. The van der Waals surface area contributed by atoms with Crippen LogP contribution in [-0.2, 0) is 11.2 Å². The van der Waals surface area contributed by atoms with Crippen LogP contribution in [0.4, 0.5) is 5.69 Å². The van der Waals surface area contributed by atoms with Crippen molar-refractivity contribution in [3.63, 3.8) is 0 Å². The van der Waals surface area contributed by atoms with Gasteiger partial charge in [-0.25, -0.2) is 4.98 Å². The number of aryl methyl sites for hydroxylation is 1. The van der Waals surface area contributed by atoms with E-state index in [9.17, 15) is 9.59 Å². The average molecular weight is 385 g/mol. The van der Waals surface area contributed by atoms with E-state index < -0.39 is 0 Å². The summed E-state index contributed by atoms with van der Waals surface area (Å²) in [6.45, 7) is 0. The summed E-state index contributed by atoms with van der Waals surface area (Å²) in [5, 5.41) is 3.40. The van der Waals surface area contributed by atoms with Crippen LogP contribution in [0.1, 0.15) is 12.2 Å². The summed E-state index contributed by atoms with van der Waals surface area (Å²) in [7, 11) is 0. The molecule has 0 aliphatic rings. The summed E-state index contributed by atoms with van der Waals surface area (Å²) >= 11 is 0. The Labute approximate surface area is 167 Å². The zero-order chi connectivity index (χ0) is 20.1. The summed E-state index contributed by atoms with van der Waals surface area (Å²) in [6, 6.07) is 23.8. The smallest absolute Gasteiger partial charge is 0.258 e. The minimum absolute atomic E-state index is 0.181. The Hall–Kier alpha value is -3.93. The Kier molecular flexibility index (Phi) is 5.33. The van der Waals surface area contributed by atoms with Crippen LogP contribution in [-0.4, -0.2) is 15.9 Å². The van der Waals surface area contributed by atoms with E-state index in [1.54, 1.807) is 30.3 Å². The number of aromatic nitrogens is 2. The average Bonchev–Trinajstić information content (AvgIpc) is 2.74. The number of nitrogens with zero attached hydrogens (tertiary/aromatic N) is 1. The molecule has 0 saturated heterocycles. The Bertz CT molecular complexity index is 1200. The minimum atomic E-state index is -0.201. The molecule has 3 aromatic carbocycles. The Morgan fingerprint density at radius 3 is 2.52 bits per heavy atom. The lowest BCUT2D eigenvalue weighted by atomic mass is 10.2. The first kappa shape index (κ1) is 18.4. The molecule has 0 saturated carbocycles. The lowest BCUT2D eigenvalue weighted by molar-refractivity contribution is -0.116. The molecule has 0 unspecified atom stereocenters. The molecule has 0 atom stereocenters. The molecule has 1 heterocycles. The van der Waals surface area contributed by atoms with Crippen molar-refractivity contribution in [3.05, 3.63) is 95.0 Å². The molecule has 0 bridgehead atoms. The molecule has 144 valence electrons. The van der Waals surface area contributed by atoms with Gasteiger partial charge < -0.3 is 15.0 Å². The molecule has 4 aromatic rings. The van der Waals surface area contributed by atoms with Crippen molar-refractivity contribution in [1.82, 2.24) is 9.97 Å². The highest BCUT2D eigenvalue weighted by molar-refractivity contribution is 5.92. The van der Waals surface area contributed by atoms with Crippen molar-refractivity contribution in [3.8, 4) is 11.5 Å². The topological polar surface area (TPSA) is 84.1 Å². The van der Waals surface area contributed by atoms with Crippen LogP contribution in [0.5, 0.6) is 11.5 Å². The lowest BCUT2D eigenvalue weighted by Crippen LogP contribution is -2.16. The summed E-state index contributed by atoms with van der Waals surface area (Å²) < 4.78 is 5.86. The number of carbonyl (C=O) groups excluding carboxylic acids is 1. The quantitative estimate of drug-likeness (QED) is 0.519. The number of hydrogen-bond acceptors (Lipinski definition) is 4. The predicted molar refractivity (Wildman–Crippen MR) is 112 cm³/mol. The number of anilines is 1. The normalized spacial score (nSPS) is 10.6. The van der Waals surface area contributed by atoms with Gasteiger partial charge in [0.25, 0.3) is 5.56 Å². The standard InChI is InChI=1S/C23H19N3O3/c27-22(15-14-21-24-18-11-5-4-10-17(18)23(28)26-21)25-19-12-6-7-13-20(19)29-16-8-2-1-3-9-16/h1-13H,14-15H2,(H,25,27)(H,24,26,28). The zero-order valence-corrected chi connectivity index (χ0v) is 15.6. The Morgan fingerprint density at radius 2 is 1.66 bits per heavy atom. The van der Waals surface area contributed by atoms with E-state index in [0.29, 0.717) is 40.3 Å². The number of benzene rings is 3. The molecule has 0 aliphatic carbocycles. The molecular formula is C23H19N3O3. The van der Waals surface area contributed by atoms with Crippen LogP contribution in [0.25, 0.3) is 10.9 Å². The highest BCUT2D eigenvalue weighted by Gasteiger charge is 2.10. The van der Waals surface area contributed by atoms with Crippen molar-refractivity contribution in [1.29, 1.82) is 0 Å². The third-order valence-corrected chi connectivity index (χ3v) is 4.38. The fourth-order valence-corrected chi connectivity index (χ4v) is 2.97. The molecular weight excluding hydrogens is 366 g/mol. The number of amides is 1. The van der Waals surface area contributed by atoms with Gasteiger partial charge in [-0.1, -0.05) is 42.5 Å². The van der Waals surface area contributed by atoms with E-state index >= 15 is 0 Å². The molecule has 0 aliphatic heterocycles. The van der Waals surface area contributed by atoms with Crippen LogP contribution >= 0.6 is 0 Å². The second-order valence-electron chi connectivity index (χ2n) is 6.49. The first-order chi connectivity index (χ1) is 14.2. The van der Waals surface area contributed by atoms with E-state index in [1.807, 2.05) is 48.5 Å². The van der Waals surface area contributed by atoms with Gasteiger partial charge in [-0.2, -0.15) is 0 Å². The number of rotatable bonds is 6. The van der Waals surface area contributed by atoms with Gasteiger partial charge >= 0.3 is 0 Å². The van der Waals surface area contributed by atoms with Crippen LogP contribution in [0.2, 0.25) is 0 Å².